The minimum atomic E-state index is -0.989. The van der Waals surface area contributed by atoms with Crippen LogP contribution in [0.2, 0.25) is 0 Å². The lowest BCUT2D eigenvalue weighted by molar-refractivity contribution is -0.137. The summed E-state index contributed by atoms with van der Waals surface area (Å²) in [4.78, 5) is 22.9. The van der Waals surface area contributed by atoms with Gasteiger partial charge in [0.15, 0.2) is 0 Å². The number of hydrogen-bond acceptors (Lipinski definition) is 3. The highest BCUT2D eigenvalue weighted by Crippen LogP contribution is 2.18. The van der Waals surface area contributed by atoms with Crippen LogP contribution >= 0.6 is 22.6 Å². The molecular weight excluding hydrogens is 409 g/mol. The van der Waals surface area contributed by atoms with Crippen molar-refractivity contribution >= 4 is 34.7 Å². The molecular formula is C17H16INO4. The molecule has 0 fully saturated rings. The second-order valence-corrected chi connectivity index (χ2v) is 6.15. The lowest BCUT2D eigenvalue weighted by atomic mass is 10.0. The average Bonchev–Trinajstić information content (AvgIpc) is 2.53. The van der Waals surface area contributed by atoms with Gasteiger partial charge in [-0.1, -0.05) is 42.5 Å². The number of benzene rings is 2. The zero-order valence-electron chi connectivity index (χ0n) is 12.2. The van der Waals surface area contributed by atoms with Gasteiger partial charge in [-0.25, -0.2) is 4.79 Å². The van der Waals surface area contributed by atoms with Gasteiger partial charge in [0.2, 0.25) is 0 Å². The highest BCUT2D eigenvalue weighted by molar-refractivity contribution is 14.1. The van der Waals surface area contributed by atoms with E-state index in [0.29, 0.717) is 0 Å². The largest absolute Gasteiger partial charge is 0.481 e. The molecule has 1 atom stereocenters. The molecule has 2 aromatic carbocycles. The van der Waals surface area contributed by atoms with Crippen LogP contribution in [0.3, 0.4) is 0 Å². The number of carboxylic acids is 1. The van der Waals surface area contributed by atoms with Crippen molar-refractivity contribution in [2.24, 2.45) is 0 Å². The minimum Gasteiger partial charge on any atom is -0.481 e. The summed E-state index contributed by atoms with van der Waals surface area (Å²) >= 11 is 2.16. The molecule has 5 nitrogen and oxygen atoms in total. The van der Waals surface area contributed by atoms with Gasteiger partial charge in [0.25, 0.3) is 0 Å². The lowest BCUT2D eigenvalue weighted by Crippen LogP contribution is -2.30. The van der Waals surface area contributed by atoms with Gasteiger partial charge in [0.05, 0.1) is 12.5 Å². The van der Waals surface area contributed by atoms with Crippen LogP contribution < -0.4 is 5.32 Å². The molecule has 0 aliphatic heterocycles. The molecule has 0 bridgehead atoms. The fraction of sp³-hybridized carbons (Fsp3) is 0.176. The van der Waals surface area contributed by atoms with Crippen LogP contribution in [-0.2, 0) is 16.1 Å². The molecule has 0 saturated carbocycles. The normalized spacial score (nSPS) is 11.5. The van der Waals surface area contributed by atoms with E-state index in [9.17, 15) is 9.59 Å². The molecule has 2 N–H and O–H groups in total. The monoisotopic (exact) mass is 425 g/mol. The maximum absolute atomic E-state index is 11.9. The smallest absolute Gasteiger partial charge is 0.407 e. The van der Waals surface area contributed by atoms with Gasteiger partial charge in [-0.05, 0) is 45.9 Å². The van der Waals surface area contributed by atoms with Gasteiger partial charge in [-0.3, -0.25) is 4.79 Å². The van der Waals surface area contributed by atoms with Gasteiger partial charge >= 0.3 is 12.1 Å². The van der Waals surface area contributed by atoms with Crippen molar-refractivity contribution in [3.63, 3.8) is 0 Å². The van der Waals surface area contributed by atoms with Crippen molar-refractivity contribution < 1.29 is 19.4 Å². The van der Waals surface area contributed by atoms with Crippen LogP contribution in [-0.4, -0.2) is 17.2 Å². The van der Waals surface area contributed by atoms with Crippen molar-refractivity contribution in [3.05, 3.63) is 69.3 Å². The van der Waals surface area contributed by atoms with E-state index in [1.54, 1.807) is 12.1 Å². The molecule has 0 radical (unpaired) electrons. The standard InChI is InChI=1S/C17H16INO4/c18-14-8-6-13(7-9-14)15(10-16(20)21)19-17(22)23-11-12-4-2-1-3-5-12/h1-9,15H,10-11H2,(H,19,22)(H,20,21)/t15-/m0/s1. The van der Waals surface area contributed by atoms with E-state index in [0.717, 1.165) is 14.7 Å². The number of alkyl carbamates (subject to hydrolysis) is 1. The Bertz CT molecular complexity index is 658. The first-order chi connectivity index (χ1) is 11.0. The van der Waals surface area contributed by atoms with Crippen molar-refractivity contribution in [2.75, 3.05) is 0 Å². The number of aliphatic carboxylic acids is 1. The molecule has 23 heavy (non-hydrogen) atoms. The quantitative estimate of drug-likeness (QED) is 0.692. The van der Waals surface area contributed by atoms with Gasteiger partial charge < -0.3 is 15.2 Å². The molecule has 0 aliphatic rings. The Hall–Kier alpha value is -2.09. The number of ether oxygens (including phenoxy) is 1. The Kier molecular flexibility index (Phi) is 6.40. The maximum Gasteiger partial charge on any atom is 0.407 e. The third kappa shape index (κ3) is 5.90. The van der Waals surface area contributed by atoms with Crippen LogP contribution in [0, 0.1) is 3.57 Å². The summed E-state index contributed by atoms with van der Waals surface area (Å²) in [5.41, 5.74) is 1.59. The molecule has 120 valence electrons. The molecule has 0 unspecified atom stereocenters. The number of carboxylic acid groups (broad SMARTS) is 1. The van der Waals surface area contributed by atoms with E-state index in [1.807, 2.05) is 42.5 Å². The summed E-state index contributed by atoms with van der Waals surface area (Å²) in [6.07, 6.45) is -0.847. The molecule has 0 aliphatic carbocycles. The molecule has 0 saturated heterocycles. The summed E-state index contributed by atoms with van der Waals surface area (Å²) in [7, 11) is 0. The predicted molar refractivity (Wildman–Crippen MR) is 93.9 cm³/mol. The third-order valence-corrected chi connectivity index (χ3v) is 3.88. The lowest BCUT2D eigenvalue weighted by Gasteiger charge is -2.17. The highest BCUT2D eigenvalue weighted by atomic mass is 127. The predicted octanol–water partition coefficient (Wildman–Crippen LogP) is 3.73. The second kappa shape index (κ2) is 8.52. The zero-order chi connectivity index (χ0) is 16.7. The van der Waals surface area contributed by atoms with E-state index in [-0.39, 0.29) is 13.0 Å². The first-order valence-corrected chi connectivity index (χ1v) is 8.07. The summed E-state index contributed by atoms with van der Waals surface area (Å²) in [5, 5.41) is 11.6. The van der Waals surface area contributed by atoms with Crippen LogP contribution in [0.1, 0.15) is 23.6 Å². The van der Waals surface area contributed by atoms with Gasteiger partial charge in [-0.15, -0.1) is 0 Å². The number of nitrogens with one attached hydrogen (secondary N) is 1. The Balaban J connectivity index is 1.98. The Labute approximate surface area is 147 Å². The number of carbonyl (C=O) groups is 2. The Morgan fingerprint density at radius 3 is 2.35 bits per heavy atom. The first-order valence-electron chi connectivity index (χ1n) is 6.99. The van der Waals surface area contributed by atoms with Crippen LogP contribution in [0.5, 0.6) is 0 Å². The SMILES string of the molecule is O=C(O)C[C@H](NC(=O)OCc1ccccc1)c1ccc(I)cc1. The van der Waals surface area contributed by atoms with Gasteiger partial charge in [0, 0.05) is 3.57 Å². The highest BCUT2D eigenvalue weighted by Gasteiger charge is 2.18. The van der Waals surface area contributed by atoms with Crippen LogP contribution in [0.15, 0.2) is 54.6 Å². The fourth-order valence-electron chi connectivity index (χ4n) is 2.03. The van der Waals surface area contributed by atoms with Gasteiger partial charge in [-0.2, -0.15) is 0 Å². The van der Waals surface area contributed by atoms with Crippen molar-refractivity contribution in [1.82, 2.24) is 5.32 Å². The first kappa shape index (κ1) is 17.3. The number of rotatable bonds is 6. The fourth-order valence-corrected chi connectivity index (χ4v) is 2.39. The average molecular weight is 425 g/mol. The summed E-state index contributed by atoms with van der Waals surface area (Å²) in [6.45, 7) is 0.138. The third-order valence-electron chi connectivity index (χ3n) is 3.16. The number of hydrogen-bond donors (Lipinski definition) is 2. The molecule has 0 heterocycles. The van der Waals surface area contributed by atoms with Crippen molar-refractivity contribution in [2.45, 2.75) is 19.1 Å². The van der Waals surface area contributed by atoms with E-state index >= 15 is 0 Å². The van der Waals surface area contributed by atoms with E-state index in [1.165, 1.54) is 0 Å². The van der Waals surface area contributed by atoms with E-state index in [2.05, 4.69) is 27.9 Å². The summed E-state index contributed by atoms with van der Waals surface area (Å²) < 4.78 is 6.18. The summed E-state index contributed by atoms with van der Waals surface area (Å²) in [5.74, 6) is -0.989. The minimum absolute atomic E-state index is 0.138. The van der Waals surface area contributed by atoms with Crippen LogP contribution in [0.4, 0.5) is 4.79 Å². The Morgan fingerprint density at radius 2 is 1.74 bits per heavy atom. The second-order valence-electron chi connectivity index (χ2n) is 4.91. The van der Waals surface area contributed by atoms with E-state index < -0.39 is 18.1 Å². The molecule has 0 spiro atoms. The molecule has 0 aromatic heterocycles. The number of amides is 1. The molecule has 2 aromatic rings. The molecule has 1 amide bonds. The topological polar surface area (TPSA) is 75.6 Å². The maximum atomic E-state index is 11.9. The van der Waals surface area contributed by atoms with E-state index in [4.69, 9.17) is 9.84 Å². The van der Waals surface area contributed by atoms with Crippen molar-refractivity contribution in [1.29, 1.82) is 0 Å². The van der Waals surface area contributed by atoms with Gasteiger partial charge in [0.1, 0.15) is 6.61 Å². The number of halogens is 1. The van der Waals surface area contributed by atoms with Crippen LogP contribution in [0.25, 0.3) is 0 Å². The molecule has 6 heteroatoms. The molecule has 2 rings (SSSR count). The zero-order valence-corrected chi connectivity index (χ0v) is 14.4. The number of carbonyl (C=O) groups excluding carboxylic acids is 1. The summed E-state index contributed by atoms with van der Waals surface area (Å²) in [6, 6.07) is 16.0. The Morgan fingerprint density at radius 1 is 1.09 bits per heavy atom. The van der Waals surface area contributed by atoms with Crippen molar-refractivity contribution in [3.8, 4) is 0 Å².